The van der Waals surface area contributed by atoms with E-state index in [0.29, 0.717) is 17.3 Å². The number of sulfone groups is 1. The highest BCUT2D eigenvalue weighted by molar-refractivity contribution is 7.91. The first-order valence-electron chi connectivity index (χ1n) is 8.21. The largest absolute Gasteiger partial charge is 0.441 e. The van der Waals surface area contributed by atoms with Crippen LogP contribution in [0.3, 0.4) is 0 Å². The van der Waals surface area contributed by atoms with E-state index < -0.39 is 26.4 Å². The minimum Gasteiger partial charge on any atom is -0.441 e. The second-order valence-corrected chi connectivity index (χ2v) is 7.80. The lowest BCUT2D eigenvalue weighted by atomic mass is 10.2. The van der Waals surface area contributed by atoms with E-state index in [-0.39, 0.29) is 12.1 Å². The Morgan fingerprint density at radius 3 is 2.43 bits per heavy atom. The summed E-state index contributed by atoms with van der Waals surface area (Å²) in [6, 6.07) is 14.1. The molecule has 0 aliphatic rings. The van der Waals surface area contributed by atoms with Crippen molar-refractivity contribution >= 4 is 21.4 Å². The van der Waals surface area contributed by atoms with Crippen LogP contribution in [-0.2, 0) is 21.1 Å². The summed E-state index contributed by atoms with van der Waals surface area (Å²) in [5.41, 5.74) is 0.897. The van der Waals surface area contributed by atoms with E-state index in [1.165, 1.54) is 18.2 Å². The molecule has 0 unspecified atom stereocenters. The zero-order chi connectivity index (χ0) is 20.3. The van der Waals surface area contributed by atoms with Gasteiger partial charge in [0.25, 0.3) is 0 Å². The Morgan fingerprint density at radius 1 is 1.11 bits per heavy atom. The molecule has 0 aliphatic heterocycles. The average Bonchev–Trinajstić information content (AvgIpc) is 3.03. The van der Waals surface area contributed by atoms with Crippen LogP contribution in [0, 0.1) is 6.92 Å². The summed E-state index contributed by atoms with van der Waals surface area (Å²) in [6.07, 6.45) is -0.203. The van der Waals surface area contributed by atoms with Gasteiger partial charge in [-0.2, -0.15) is 8.78 Å². The lowest BCUT2D eigenvalue weighted by Crippen LogP contribution is -2.19. The molecule has 1 heterocycles. The second-order valence-electron chi connectivity index (χ2n) is 5.91. The zero-order valence-corrected chi connectivity index (χ0v) is 15.5. The van der Waals surface area contributed by atoms with E-state index in [4.69, 9.17) is 4.42 Å². The fraction of sp³-hybridized carbons (Fsp3) is 0.158. The molecule has 3 aromatic rings. The minimum atomic E-state index is -4.85. The molecule has 9 heteroatoms. The van der Waals surface area contributed by atoms with Gasteiger partial charge in [0, 0.05) is 5.56 Å². The summed E-state index contributed by atoms with van der Waals surface area (Å²) in [5, 5.41) is 2.36. The molecule has 0 spiro atoms. The third-order valence-corrected chi connectivity index (χ3v) is 5.38. The number of carbonyl (C=O) groups excluding carboxylic acids is 1. The first kappa shape index (κ1) is 19.7. The minimum absolute atomic E-state index is 0.203. The third-order valence-electron chi connectivity index (χ3n) is 3.94. The Morgan fingerprint density at radius 2 is 1.75 bits per heavy atom. The van der Waals surface area contributed by atoms with Crippen LogP contribution < -0.4 is 5.32 Å². The number of hydrogen-bond donors (Lipinski definition) is 1. The van der Waals surface area contributed by atoms with Gasteiger partial charge in [0.05, 0.1) is 22.7 Å². The molecule has 0 bridgehead atoms. The Labute approximate surface area is 160 Å². The molecule has 1 amide bonds. The van der Waals surface area contributed by atoms with E-state index in [1.54, 1.807) is 19.1 Å². The Kier molecular flexibility index (Phi) is 5.55. The lowest BCUT2D eigenvalue weighted by Gasteiger charge is -2.10. The molecule has 28 heavy (non-hydrogen) atoms. The van der Waals surface area contributed by atoms with Gasteiger partial charge in [-0.3, -0.25) is 4.79 Å². The zero-order valence-electron chi connectivity index (χ0n) is 14.7. The molecule has 0 radical (unpaired) electrons. The van der Waals surface area contributed by atoms with Crippen molar-refractivity contribution in [1.82, 2.24) is 4.98 Å². The third kappa shape index (κ3) is 4.09. The number of nitrogens with one attached hydrogen (secondary N) is 1. The number of aryl methyl sites for hydroxylation is 1. The first-order valence-corrected chi connectivity index (χ1v) is 9.76. The number of para-hydroxylation sites is 1. The standard InChI is InChI=1S/C19H16F2N2O4S/c1-12-15(23-18(27-12)13-7-3-2-4-8-13)11-17(24)22-14-9-5-6-10-16(14)28(25,26)19(20)21/h2-10,19H,11H2,1H3,(H,22,24). The Hall–Kier alpha value is -3.07. The van der Waals surface area contributed by atoms with Gasteiger partial charge in [0.2, 0.25) is 21.6 Å². The number of hydrogen-bond acceptors (Lipinski definition) is 5. The van der Waals surface area contributed by atoms with Gasteiger partial charge in [-0.1, -0.05) is 30.3 Å². The van der Waals surface area contributed by atoms with Crippen molar-refractivity contribution in [3.63, 3.8) is 0 Å². The number of amides is 1. The van der Waals surface area contributed by atoms with Crippen LogP contribution in [0.2, 0.25) is 0 Å². The summed E-state index contributed by atoms with van der Waals surface area (Å²) in [4.78, 5) is 16.0. The van der Waals surface area contributed by atoms with Gasteiger partial charge < -0.3 is 9.73 Å². The van der Waals surface area contributed by atoms with Crippen LogP contribution in [0.1, 0.15) is 11.5 Å². The van der Waals surface area contributed by atoms with Gasteiger partial charge in [0.1, 0.15) is 5.76 Å². The van der Waals surface area contributed by atoms with Gasteiger partial charge in [-0.05, 0) is 31.2 Å². The number of oxazole rings is 1. The highest BCUT2D eigenvalue weighted by atomic mass is 32.2. The van der Waals surface area contributed by atoms with Gasteiger partial charge in [0.15, 0.2) is 0 Å². The van der Waals surface area contributed by atoms with Gasteiger partial charge in [-0.15, -0.1) is 0 Å². The van der Waals surface area contributed by atoms with Crippen LogP contribution >= 0.6 is 0 Å². The maximum Gasteiger partial charge on any atom is 0.341 e. The number of alkyl halides is 2. The molecule has 1 aromatic heterocycles. The molecule has 6 nitrogen and oxygen atoms in total. The number of nitrogens with zero attached hydrogens (tertiary/aromatic N) is 1. The van der Waals surface area contributed by atoms with Crippen molar-refractivity contribution in [2.75, 3.05) is 5.32 Å². The normalized spacial score (nSPS) is 11.6. The number of anilines is 1. The highest BCUT2D eigenvalue weighted by Gasteiger charge is 2.29. The topological polar surface area (TPSA) is 89.3 Å². The van der Waals surface area contributed by atoms with E-state index in [0.717, 1.165) is 11.6 Å². The maximum absolute atomic E-state index is 12.9. The smallest absolute Gasteiger partial charge is 0.341 e. The summed E-state index contributed by atoms with van der Waals surface area (Å²) >= 11 is 0. The molecular formula is C19H16F2N2O4S. The van der Waals surface area contributed by atoms with Crippen molar-refractivity contribution in [2.24, 2.45) is 0 Å². The van der Waals surface area contributed by atoms with Gasteiger partial charge in [-0.25, -0.2) is 13.4 Å². The van der Waals surface area contributed by atoms with Crippen molar-refractivity contribution in [3.8, 4) is 11.5 Å². The molecule has 146 valence electrons. The molecule has 0 fully saturated rings. The summed E-state index contributed by atoms with van der Waals surface area (Å²) in [6.45, 7) is 1.65. The number of rotatable bonds is 6. The van der Waals surface area contributed by atoms with Crippen molar-refractivity contribution < 1.29 is 26.4 Å². The number of aromatic nitrogens is 1. The molecule has 2 aromatic carbocycles. The van der Waals surface area contributed by atoms with Crippen LogP contribution in [0.5, 0.6) is 0 Å². The number of carbonyl (C=O) groups is 1. The summed E-state index contributed by atoms with van der Waals surface area (Å²) in [5.74, 6) is -3.41. The Bertz CT molecular complexity index is 1100. The molecule has 3 rings (SSSR count). The first-order chi connectivity index (χ1) is 13.3. The fourth-order valence-corrected chi connectivity index (χ4v) is 3.44. The van der Waals surface area contributed by atoms with Crippen LogP contribution in [0.25, 0.3) is 11.5 Å². The number of halogens is 2. The number of benzene rings is 2. The maximum atomic E-state index is 12.9. The highest BCUT2D eigenvalue weighted by Crippen LogP contribution is 2.27. The lowest BCUT2D eigenvalue weighted by molar-refractivity contribution is -0.115. The molecule has 1 N–H and O–H groups in total. The predicted octanol–water partition coefficient (Wildman–Crippen LogP) is 3.83. The molecular weight excluding hydrogens is 390 g/mol. The molecule has 0 saturated heterocycles. The van der Waals surface area contributed by atoms with E-state index in [1.807, 2.05) is 18.2 Å². The molecule has 0 saturated carbocycles. The molecule has 0 atom stereocenters. The van der Waals surface area contributed by atoms with Crippen molar-refractivity contribution in [3.05, 3.63) is 66.1 Å². The average molecular weight is 406 g/mol. The van der Waals surface area contributed by atoms with E-state index in [9.17, 15) is 22.0 Å². The van der Waals surface area contributed by atoms with Crippen LogP contribution in [-0.4, -0.2) is 25.1 Å². The summed E-state index contributed by atoms with van der Waals surface area (Å²) < 4.78 is 54.8. The monoisotopic (exact) mass is 406 g/mol. The van der Waals surface area contributed by atoms with Gasteiger partial charge >= 0.3 is 5.76 Å². The van der Waals surface area contributed by atoms with Crippen LogP contribution in [0.4, 0.5) is 14.5 Å². The van der Waals surface area contributed by atoms with E-state index in [2.05, 4.69) is 10.3 Å². The van der Waals surface area contributed by atoms with Crippen molar-refractivity contribution in [2.45, 2.75) is 24.0 Å². The quantitative estimate of drug-likeness (QED) is 0.672. The summed E-state index contributed by atoms with van der Waals surface area (Å²) in [7, 11) is -4.85. The van der Waals surface area contributed by atoms with E-state index >= 15 is 0 Å². The van der Waals surface area contributed by atoms with Crippen molar-refractivity contribution in [1.29, 1.82) is 0 Å². The second kappa shape index (κ2) is 7.89. The predicted molar refractivity (Wildman–Crippen MR) is 98.6 cm³/mol. The molecule has 0 aliphatic carbocycles. The fourth-order valence-electron chi connectivity index (χ4n) is 2.56. The SMILES string of the molecule is Cc1oc(-c2ccccc2)nc1CC(=O)Nc1ccccc1S(=O)(=O)C(F)F. The van der Waals surface area contributed by atoms with Crippen LogP contribution in [0.15, 0.2) is 63.9 Å². The Balaban J connectivity index is 1.80.